The van der Waals surface area contributed by atoms with Gasteiger partial charge in [0, 0.05) is 32.2 Å². The highest BCUT2D eigenvalue weighted by atomic mass is 32.2. The Hall–Kier alpha value is -1.69. The van der Waals surface area contributed by atoms with Gasteiger partial charge in [0.25, 0.3) is 0 Å². The highest BCUT2D eigenvalue weighted by Crippen LogP contribution is 2.19. The van der Waals surface area contributed by atoms with Gasteiger partial charge in [-0.25, -0.2) is 8.42 Å². The van der Waals surface area contributed by atoms with Crippen LogP contribution in [0.4, 0.5) is 0 Å². The van der Waals surface area contributed by atoms with Gasteiger partial charge in [-0.15, -0.1) is 0 Å². The first-order valence-corrected chi connectivity index (χ1v) is 10.4. The standard InChI is InChI=1S/C20H26N2O2S/c1-17-8-10-20(11-9-17)16-25(23,24)22-13-12-21(18(2)14-22)15-19-6-4-3-5-7-19/h3-11,18H,12-16H2,1-2H3. The molecule has 0 radical (unpaired) electrons. The van der Waals surface area contributed by atoms with Crippen LogP contribution in [-0.4, -0.2) is 43.3 Å². The number of hydrogen-bond donors (Lipinski definition) is 0. The fourth-order valence-electron chi connectivity index (χ4n) is 3.25. The van der Waals surface area contributed by atoms with Crippen LogP contribution in [0.25, 0.3) is 0 Å². The summed E-state index contributed by atoms with van der Waals surface area (Å²) in [6.45, 7) is 6.87. The zero-order valence-electron chi connectivity index (χ0n) is 14.9. The molecule has 1 aliphatic heterocycles. The Morgan fingerprint density at radius 2 is 1.64 bits per heavy atom. The van der Waals surface area contributed by atoms with Gasteiger partial charge in [0.2, 0.25) is 10.0 Å². The van der Waals surface area contributed by atoms with E-state index in [9.17, 15) is 8.42 Å². The number of nitrogens with zero attached hydrogens (tertiary/aromatic N) is 2. The third-order valence-electron chi connectivity index (χ3n) is 4.82. The van der Waals surface area contributed by atoms with E-state index in [1.807, 2.05) is 49.4 Å². The van der Waals surface area contributed by atoms with Gasteiger partial charge in [0.15, 0.2) is 0 Å². The molecular formula is C20H26N2O2S. The molecule has 2 aromatic rings. The summed E-state index contributed by atoms with van der Waals surface area (Å²) in [5, 5.41) is 0. The number of rotatable bonds is 5. The van der Waals surface area contributed by atoms with Crippen molar-refractivity contribution in [2.45, 2.75) is 32.2 Å². The Kier molecular flexibility index (Phi) is 5.57. The second kappa shape index (κ2) is 7.68. The lowest BCUT2D eigenvalue weighted by Crippen LogP contribution is -2.53. The van der Waals surface area contributed by atoms with Crippen molar-refractivity contribution < 1.29 is 8.42 Å². The summed E-state index contributed by atoms with van der Waals surface area (Å²) < 4.78 is 27.2. The number of piperazine rings is 1. The predicted molar refractivity (Wildman–Crippen MR) is 102 cm³/mol. The molecule has 0 saturated carbocycles. The summed E-state index contributed by atoms with van der Waals surface area (Å²) in [4.78, 5) is 2.35. The lowest BCUT2D eigenvalue weighted by molar-refractivity contribution is 0.122. The Balaban J connectivity index is 1.62. The SMILES string of the molecule is Cc1ccc(CS(=O)(=O)N2CCN(Cc3ccccc3)C(C)C2)cc1. The average Bonchev–Trinajstić information content (AvgIpc) is 2.59. The van der Waals surface area contributed by atoms with Crippen LogP contribution >= 0.6 is 0 Å². The molecule has 2 aromatic carbocycles. The molecule has 0 N–H and O–H groups in total. The first kappa shape index (κ1) is 18.1. The summed E-state index contributed by atoms with van der Waals surface area (Å²) in [5.41, 5.74) is 3.26. The number of aryl methyl sites for hydroxylation is 1. The van der Waals surface area contributed by atoms with Gasteiger partial charge in [-0.2, -0.15) is 4.31 Å². The maximum atomic E-state index is 12.8. The summed E-state index contributed by atoms with van der Waals surface area (Å²) in [6, 6.07) is 18.3. The Bertz CT molecular complexity index is 788. The van der Waals surface area contributed by atoms with E-state index in [1.165, 1.54) is 5.56 Å². The third-order valence-corrected chi connectivity index (χ3v) is 6.64. The van der Waals surface area contributed by atoms with Crippen LogP contribution in [0.2, 0.25) is 0 Å². The summed E-state index contributed by atoms with van der Waals surface area (Å²) in [6.07, 6.45) is 0. The molecule has 1 saturated heterocycles. The molecule has 1 fully saturated rings. The summed E-state index contributed by atoms with van der Waals surface area (Å²) in [5.74, 6) is 0.0820. The van der Waals surface area contributed by atoms with Crippen molar-refractivity contribution in [3.63, 3.8) is 0 Å². The molecule has 0 spiro atoms. The van der Waals surface area contributed by atoms with Gasteiger partial charge in [-0.3, -0.25) is 4.90 Å². The van der Waals surface area contributed by atoms with E-state index in [-0.39, 0.29) is 11.8 Å². The zero-order chi connectivity index (χ0) is 17.9. The van der Waals surface area contributed by atoms with Crippen LogP contribution in [0.15, 0.2) is 54.6 Å². The van der Waals surface area contributed by atoms with Crippen LogP contribution in [0.3, 0.4) is 0 Å². The highest BCUT2D eigenvalue weighted by molar-refractivity contribution is 7.88. The van der Waals surface area contributed by atoms with Gasteiger partial charge in [-0.05, 0) is 25.0 Å². The highest BCUT2D eigenvalue weighted by Gasteiger charge is 2.31. The molecule has 4 nitrogen and oxygen atoms in total. The minimum atomic E-state index is -3.27. The van der Waals surface area contributed by atoms with Gasteiger partial charge in [0.05, 0.1) is 5.75 Å². The van der Waals surface area contributed by atoms with Crippen molar-refractivity contribution >= 4 is 10.0 Å². The van der Waals surface area contributed by atoms with Gasteiger partial charge in [-0.1, -0.05) is 60.2 Å². The molecule has 1 atom stereocenters. The first-order chi connectivity index (χ1) is 11.9. The fourth-order valence-corrected chi connectivity index (χ4v) is 4.85. The number of hydrogen-bond acceptors (Lipinski definition) is 3. The number of benzene rings is 2. The monoisotopic (exact) mass is 358 g/mol. The quantitative estimate of drug-likeness (QED) is 0.825. The van der Waals surface area contributed by atoms with E-state index >= 15 is 0 Å². The normalized spacial score (nSPS) is 19.8. The van der Waals surface area contributed by atoms with Crippen molar-refractivity contribution in [1.29, 1.82) is 0 Å². The van der Waals surface area contributed by atoms with E-state index in [0.29, 0.717) is 13.1 Å². The van der Waals surface area contributed by atoms with Crippen molar-refractivity contribution in [2.75, 3.05) is 19.6 Å². The molecule has 1 aliphatic rings. The van der Waals surface area contributed by atoms with E-state index in [2.05, 4.69) is 24.0 Å². The average molecular weight is 359 g/mol. The van der Waals surface area contributed by atoms with E-state index in [4.69, 9.17) is 0 Å². The van der Waals surface area contributed by atoms with Gasteiger partial charge >= 0.3 is 0 Å². The smallest absolute Gasteiger partial charge is 0.218 e. The minimum absolute atomic E-state index is 0.0820. The van der Waals surface area contributed by atoms with E-state index in [1.54, 1.807) is 4.31 Å². The molecule has 5 heteroatoms. The Morgan fingerprint density at radius 3 is 2.28 bits per heavy atom. The van der Waals surface area contributed by atoms with Gasteiger partial charge < -0.3 is 0 Å². The molecular weight excluding hydrogens is 332 g/mol. The Morgan fingerprint density at radius 1 is 0.960 bits per heavy atom. The van der Waals surface area contributed by atoms with Gasteiger partial charge in [0.1, 0.15) is 0 Å². The topological polar surface area (TPSA) is 40.6 Å². The largest absolute Gasteiger partial charge is 0.294 e. The lowest BCUT2D eigenvalue weighted by atomic mass is 10.1. The van der Waals surface area contributed by atoms with Crippen LogP contribution in [0, 0.1) is 6.92 Å². The predicted octanol–water partition coefficient (Wildman–Crippen LogP) is 3.03. The van der Waals surface area contributed by atoms with Crippen LogP contribution < -0.4 is 0 Å². The van der Waals surface area contributed by atoms with Crippen molar-refractivity contribution in [3.8, 4) is 0 Å². The Labute approximate surface area is 151 Å². The van der Waals surface area contributed by atoms with Crippen molar-refractivity contribution in [3.05, 3.63) is 71.3 Å². The molecule has 25 heavy (non-hydrogen) atoms. The molecule has 0 bridgehead atoms. The van der Waals surface area contributed by atoms with E-state index < -0.39 is 10.0 Å². The first-order valence-electron chi connectivity index (χ1n) is 8.75. The fraction of sp³-hybridized carbons (Fsp3) is 0.400. The molecule has 1 unspecified atom stereocenters. The molecule has 0 amide bonds. The summed E-state index contributed by atoms with van der Waals surface area (Å²) >= 11 is 0. The molecule has 0 aliphatic carbocycles. The lowest BCUT2D eigenvalue weighted by Gasteiger charge is -2.39. The maximum absolute atomic E-state index is 12.8. The van der Waals surface area contributed by atoms with Crippen LogP contribution in [0.5, 0.6) is 0 Å². The van der Waals surface area contributed by atoms with Crippen molar-refractivity contribution in [1.82, 2.24) is 9.21 Å². The molecule has 3 rings (SSSR count). The summed E-state index contributed by atoms with van der Waals surface area (Å²) in [7, 11) is -3.27. The second-order valence-corrected chi connectivity index (χ2v) is 8.87. The molecule has 134 valence electrons. The van der Waals surface area contributed by atoms with Crippen molar-refractivity contribution in [2.24, 2.45) is 0 Å². The molecule has 1 heterocycles. The zero-order valence-corrected chi connectivity index (χ0v) is 15.7. The van der Waals surface area contributed by atoms with Crippen LogP contribution in [-0.2, 0) is 22.3 Å². The van der Waals surface area contributed by atoms with Crippen LogP contribution in [0.1, 0.15) is 23.6 Å². The maximum Gasteiger partial charge on any atom is 0.218 e. The third kappa shape index (κ3) is 4.69. The number of sulfonamides is 1. The molecule has 0 aromatic heterocycles. The second-order valence-electron chi connectivity index (χ2n) is 6.90. The van der Waals surface area contributed by atoms with E-state index in [0.717, 1.165) is 24.2 Å². The minimum Gasteiger partial charge on any atom is -0.294 e.